The van der Waals surface area contributed by atoms with E-state index in [1.165, 1.54) is 6.07 Å². The number of hydrogen-bond acceptors (Lipinski definition) is 2. The molecule has 2 nitrogen and oxygen atoms in total. The van der Waals surface area contributed by atoms with Gasteiger partial charge in [-0.05, 0) is 18.6 Å². The van der Waals surface area contributed by atoms with Crippen molar-refractivity contribution in [1.82, 2.24) is 0 Å². The van der Waals surface area contributed by atoms with Gasteiger partial charge in [-0.25, -0.2) is 4.39 Å². The van der Waals surface area contributed by atoms with Crippen LogP contribution in [0.15, 0.2) is 12.1 Å². The summed E-state index contributed by atoms with van der Waals surface area (Å²) in [6, 6.07) is 1.92. The van der Waals surface area contributed by atoms with Crippen molar-refractivity contribution in [2.75, 3.05) is 0 Å². The first kappa shape index (κ1) is 11.3. The van der Waals surface area contributed by atoms with Crippen LogP contribution in [0.4, 0.5) is 4.39 Å². The van der Waals surface area contributed by atoms with Crippen molar-refractivity contribution in [3.63, 3.8) is 0 Å². The van der Waals surface area contributed by atoms with Gasteiger partial charge in [-0.1, -0.05) is 24.9 Å². The Labute approximate surface area is 87.5 Å². The second-order valence-corrected chi connectivity index (χ2v) is 3.63. The lowest BCUT2D eigenvalue weighted by Crippen LogP contribution is -2.10. The summed E-state index contributed by atoms with van der Waals surface area (Å²) in [7, 11) is 0. The number of hydrogen-bond donors (Lipinski definition) is 2. The van der Waals surface area contributed by atoms with Gasteiger partial charge in [0, 0.05) is 11.6 Å². The molecule has 1 atom stereocenters. The smallest absolute Gasteiger partial charge is 0.139 e. The Hall–Kier alpha value is -0.800. The van der Waals surface area contributed by atoms with Crippen molar-refractivity contribution < 1.29 is 9.50 Å². The molecular weight excluding hydrogens is 205 g/mol. The Bertz CT molecular complexity index is 330. The molecule has 0 spiro atoms. The van der Waals surface area contributed by atoms with Gasteiger partial charge in [0.25, 0.3) is 0 Å². The highest BCUT2D eigenvalue weighted by Gasteiger charge is 2.14. The van der Waals surface area contributed by atoms with E-state index < -0.39 is 5.82 Å². The standard InChI is InChI=1S/C10H13ClFNO/c1-2-3-9(13)7-4-6(12)5-8(11)10(7)14/h4-5,9,14H,2-3,13H2,1H3/t9-/m0/s1. The number of rotatable bonds is 3. The third-order valence-electron chi connectivity index (χ3n) is 2.06. The normalized spacial score (nSPS) is 12.9. The number of phenols is 1. The lowest BCUT2D eigenvalue weighted by atomic mass is 10.0. The summed E-state index contributed by atoms with van der Waals surface area (Å²) in [5.41, 5.74) is 6.13. The van der Waals surface area contributed by atoms with E-state index in [0.717, 1.165) is 12.5 Å². The first-order valence-electron chi connectivity index (χ1n) is 4.49. The highest BCUT2D eigenvalue weighted by molar-refractivity contribution is 6.32. The van der Waals surface area contributed by atoms with Crippen molar-refractivity contribution >= 4 is 11.6 Å². The van der Waals surface area contributed by atoms with Crippen molar-refractivity contribution in [2.24, 2.45) is 5.73 Å². The molecule has 1 rings (SSSR count). The fourth-order valence-electron chi connectivity index (χ4n) is 1.34. The lowest BCUT2D eigenvalue weighted by molar-refractivity contribution is 0.455. The van der Waals surface area contributed by atoms with Crippen LogP contribution in [0.3, 0.4) is 0 Å². The van der Waals surface area contributed by atoms with Crippen LogP contribution in [-0.2, 0) is 0 Å². The average Bonchev–Trinajstić information content (AvgIpc) is 2.11. The SMILES string of the molecule is CCC[C@H](N)c1cc(F)cc(Cl)c1O. The Balaban J connectivity index is 3.07. The van der Waals surface area contributed by atoms with Crippen LogP contribution in [0.25, 0.3) is 0 Å². The van der Waals surface area contributed by atoms with Gasteiger partial charge in [0.1, 0.15) is 11.6 Å². The molecule has 0 fully saturated rings. The third kappa shape index (κ3) is 2.36. The molecule has 78 valence electrons. The molecule has 0 aliphatic rings. The average molecular weight is 218 g/mol. The zero-order valence-corrected chi connectivity index (χ0v) is 8.68. The fraction of sp³-hybridized carbons (Fsp3) is 0.400. The predicted molar refractivity (Wildman–Crippen MR) is 54.9 cm³/mol. The molecule has 4 heteroatoms. The molecule has 0 heterocycles. The second kappa shape index (κ2) is 4.62. The van der Waals surface area contributed by atoms with Crippen LogP contribution in [-0.4, -0.2) is 5.11 Å². The van der Waals surface area contributed by atoms with Crippen molar-refractivity contribution in [3.8, 4) is 5.75 Å². The summed E-state index contributed by atoms with van der Waals surface area (Å²) in [5, 5.41) is 9.55. The molecule has 0 saturated heterocycles. The molecule has 0 bridgehead atoms. The molecule has 0 amide bonds. The molecule has 1 aromatic rings. The lowest BCUT2D eigenvalue weighted by Gasteiger charge is -2.13. The van der Waals surface area contributed by atoms with Crippen molar-refractivity contribution in [3.05, 3.63) is 28.5 Å². The van der Waals surface area contributed by atoms with Crippen molar-refractivity contribution in [2.45, 2.75) is 25.8 Å². The Morgan fingerprint density at radius 2 is 2.21 bits per heavy atom. The van der Waals surface area contributed by atoms with E-state index in [-0.39, 0.29) is 16.8 Å². The number of aromatic hydroxyl groups is 1. The predicted octanol–water partition coefficient (Wildman–Crippen LogP) is 2.98. The number of nitrogens with two attached hydrogens (primary N) is 1. The zero-order chi connectivity index (χ0) is 10.7. The minimum Gasteiger partial charge on any atom is -0.506 e. The maximum atomic E-state index is 13.0. The minimum absolute atomic E-state index is 0.00607. The van der Waals surface area contributed by atoms with E-state index in [1.54, 1.807) is 0 Å². The van der Waals surface area contributed by atoms with Gasteiger partial charge in [0.05, 0.1) is 5.02 Å². The summed E-state index contributed by atoms with van der Waals surface area (Å²) >= 11 is 5.62. The summed E-state index contributed by atoms with van der Waals surface area (Å²) in [5.74, 6) is -0.594. The van der Waals surface area contributed by atoms with Crippen molar-refractivity contribution in [1.29, 1.82) is 0 Å². The molecule has 1 aromatic carbocycles. The molecule has 0 aromatic heterocycles. The van der Waals surface area contributed by atoms with Crippen LogP contribution >= 0.6 is 11.6 Å². The summed E-state index contributed by atoms with van der Waals surface area (Å²) in [6.45, 7) is 1.97. The summed E-state index contributed by atoms with van der Waals surface area (Å²) < 4.78 is 13.0. The topological polar surface area (TPSA) is 46.2 Å². The number of halogens is 2. The molecule has 3 N–H and O–H groups in total. The third-order valence-corrected chi connectivity index (χ3v) is 2.34. The summed E-state index contributed by atoms with van der Waals surface area (Å²) in [6.07, 6.45) is 1.56. The van der Waals surface area contributed by atoms with Crippen LogP contribution < -0.4 is 5.73 Å². The Kier molecular flexibility index (Phi) is 3.72. The van der Waals surface area contributed by atoms with Crippen LogP contribution in [0.1, 0.15) is 31.4 Å². The first-order valence-corrected chi connectivity index (χ1v) is 4.87. The van der Waals surface area contributed by atoms with Crippen LogP contribution in [0, 0.1) is 5.82 Å². The van der Waals surface area contributed by atoms with E-state index in [1.807, 2.05) is 6.92 Å². The maximum Gasteiger partial charge on any atom is 0.139 e. The van der Waals surface area contributed by atoms with Gasteiger partial charge in [0.15, 0.2) is 0 Å². The molecule has 14 heavy (non-hydrogen) atoms. The van der Waals surface area contributed by atoms with E-state index in [0.29, 0.717) is 12.0 Å². The highest BCUT2D eigenvalue weighted by atomic mass is 35.5. The van der Waals surface area contributed by atoms with Gasteiger partial charge < -0.3 is 10.8 Å². The van der Waals surface area contributed by atoms with Gasteiger partial charge >= 0.3 is 0 Å². The second-order valence-electron chi connectivity index (χ2n) is 3.22. The van der Waals surface area contributed by atoms with E-state index in [9.17, 15) is 9.50 Å². The first-order chi connectivity index (χ1) is 6.56. The van der Waals surface area contributed by atoms with Gasteiger partial charge in [-0.3, -0.25) is 0 Å². The largest absolute Gasteiger partial charge is 0.506 e. The van der Waals surface area contributed by atoms with E-state index >= 15 is 0 Å². The monoisotopic (exact) mass is 217 g/mol. The van der Waals surface area contributed by atoms with Gasteiger partial charge in [0.2, 0.25) is 0 Å². The molecular formula is C10H13ClFNO. The molecule has 0 radical (unpaired) electrons. The van der Waals surface area contributed by atoms with Crippen LogP contribution in [0.5, 0.6) is 5.75 Å². The van der Waals surface area contributed by atoms with Gasteiger partial charge in [-0.15, -0.1) is 0 Å². The highest BCUT2D eigenvalue weighted by Crippen LogP contribution is 2.33. The molecule has 0 saturated carbocycles. The van der Waals surface area contributed by atoms with Gasteiger partial charge in [-0.2, -0.15) is 0 Å². The number of phenolic OH excluding ortho intramolecular Hbond substituents is 1. The zero-order valence-electron chi connectivity index (χ0n) is 7.93. The van der Waals surface area contributed by atoms with Crippen LogP contribution in [0.2, 0.25) is 5.02 Å². The fourth-order valence-corrected chi connectivity index (χ4v) is 1.55. The summed E-state index contributed by atoms with van der Waals surface area (Å²) in [4.78, 5) is 0. The number of benzene rings is 1. The molecule has 0 aliphatic heterocycles. The molecule has 0 aliphatic carbocycles. The minimum atomic E-state index is -0.477. The van der Waals surface area contributed by atoms with E-state index in [2.05, 4.69) is 0 Å². The Morgan fingerprint density at radius 3 is 2.79 bits per heavy atom. The maximum absolute atomic E-state index is 13.0. The quantitative estimate of drug-likeness (QED) is 0.818. The Morgan fingerprint density at radius 1 is 1.57 bits per heavy atom. The van der Waals surface area contributed by atoms with E-state index in [4.69, 9.17) is 17.3 Å². The molecule has 0 unspecified atom stereocenters.